The van der Waals surface area contributed by atoms with Gasteiger partial charge < -0.3 is 15.0 Å². The van der Waals surface area contributed by atoms with Crippen molar-refractivity contribution in [2.45, 2.75) is 19.4 Å². The van der Waals surface area contributed by atoms with E-state index in [2.05, 4.69) is 31.2 Å². The minimum Gasteiger partial charge on any atom is -0.478 e. The van der Waals surface area contributed by atoms with Crippen LogP contribution >= 0.6 is 15.9 Å². The molecule has 1 amide bonds. The van der Waals surface area contributed by atoms with E-state index in [9.17, 15) is 4.79 Å². The fourth-order valence-corrected chi connectivity index (χ4v) is 2.21. The van der Waals surface area contributed by atoms with Crippen LogP contribution in [0.3, 0.4) is 0 Å². The van der Waals surface area contributed by atoms with E-state index in [-0.39, 0.29) is 11.9 Å². The summed E-state index contributed by atoms with van der Waals surface area (Å²) >= 11 is 3.24. The fourth-order valence-electron chi connectivity index (χ4n) is 1.95. The smallest absolute Gasteiger partial charge is 0.258 e. The van der Waals surface area contributed by atoms with Gasteiger partial charge in [-0.05, 0) is 22.4 Å². The molecule has 0 unspecified atom stereocenters. The van der Waals surface area contributed by atoms with E-state index in [1.807, 2.05) is 4.90 Å². The number of methoxy groups -OCH3 is 1. The number of aromatic nitrogens is 2. The lowest BCUT2D eigenvalue weighted by Crippen LogP contribution is -2.29. The van der Waals surface area contributed by atoms with E-state index in [1.165, 1.54) is 0 Å². The monoisotopic (exact) mass is 314 g/mol. The Balaban J connectivity index is 2.04. The zero-order chi connectivity index (χ0) is 13.1. The molecule has 0 radical (unpaired) electrons. The molecule has 1 N–H and O–H groups in total. The largest absolute Gasteiger partial charge is 0.478 e. The summed E-state index contributed by atoms with van der Waals surface area (Å²) in [5.41, 5.74) is 0. The summed E-state index contributed by atoms with van der Waals surface area (Å²) in [4.78, 5) is 21.5. The normalized spacial score (nSPS) is 18.8. The van der Waals surface area contributed by atoms with Crippen molar-refractivity contribution in [3.05, 3.63) is 10.8 Å². The number of rotatable bonds is 3. The van der Waals surface area contributed by atoms with E-state index < -0.39 is 0 Å². The minimum absolute atomic E-state index is 0.105. The molecule has 18 heavy (non-hydrogen) atoms. The molecule has 2 heterocycles. The van der Waals surface area contributed by atoms with Crippen LogP contribution in [0.5, 0.6) is 5.88 Å². The second kappa shape index (κ2) is 5.51. The van der Waals surface area contributed by atoms with Crippen molar-refractivity contribution in [3.8, 4) is 5.88 Å². The summed E-state index contributed by atoms with van der Waals surface area (Å²) in [6.07, 6.45) is 2.52. The quantitative estimate of drug-likeness (QED) is 0.910. The molecule has 0 aliphatic carbocycles. The Bertz CT molecular complexity index is 455. The number of hydrogen-bond donors (Lipinski definition) is 1. The van der Waals surface area contributed by atoms with Gasteiger partial charge in [0.05, 0.1) is 13.3 Å². The van der Waals surface area contributed by atoms with Gasteiger partial charge in [0.25, 0.3) is 5.88 Å². The zero-order valence-electron chi connectivity index (χ0n) is 10.3. The van der Waals surface area contributed by atoms with Gasteiger partial charge in [-0.2, -0.15) is 0 Å². The molecule has 1 saturated heterocycles. The molecular weight excluding hydrogens is 300 g/mol. The first kappa shape index (κ1) is 13.1. The van der Waals surface area contributed by atoms with E-state index in [0.717, 1.165) is 13.0 Å². The Morgan fingerprint density at radius 2 is 2.44 bits per heavy atom. The predicted molar refractivity (Wildman–Crippen MR) is 70.6 cm³/mol. The molecule has 0 bridgehead atoms. The van der Waals surface area contributed by atoms with Gasteiger partial charge in [0.15, 0.2) is 5.82 Å². The molecule has 1 aliphatic heterocycles. The summed E-state index contributed by atoms with van der Waals surface area (Å²) in [7, 11) is 1.55. The molecule has 0 spiro atoms. The Hall–Kier alpha value is -1.37. The summed E-state index contributed by atoms with van der Waals surface area (Å²) < 4.78 is 5.79. The maximum atomic E-state index is 11.3. The molecule has 1 aliphatic rings. The Morgan fingerprint density at radius 3 is 3.06 bits per heavy atom. The number of likely N-dealkylation sites (tertiary alicyclic amines) is 1. The Labute approximate surface area is 114 Å². The number of anilines is 1. The van der Waals surface area contributed by atoms with Gasteiger partial charge in [-0.15, -0.1) is 0 Å². The average Bonchev–Trinajstić information content (AvgIpc) is 2.80. The Morgan fingerprint density at radius 1 is 1.67 bits per heavy atom. The van der Waals surface area contributed by atoms with Crippen LogP contribution in [0, 0.1) is 0 Å². The van der Waals surface area contributed by atoms with Gasteiger partial charge in [0.1, 0.15) is 4.60 Å². The van der Waals surface area contributed by atoms with E-state index in [0.29, 0.717) is 22.8 Å². The lowest BCUT2D eigenvalue weighted by molar-refractivity contribution is -0.127. The summed E-state index contributed by atoms with van der Waals surface area (Å²) in [5, 5.41) is 3.26. The van der Waals surface area contributed by atoms with Crippen molar-refractivity contribution in [1.82, 2.24) is 14.9 Å². The summed E-state index contributed by atoms with van der Waals surface area (Å²) in [5.74, 6) is 1.16. The number of hydrogen-bond acceptors (Lipinski definition) is 5. The number of carbonyl (C=O) groups excluding carboxylic acids is 1. The van der Waals surface area contributed by atoms with Gasteiger partial charge in [0, 0.05) is 26.1 Å². The Kier molecular flexibility index (Phi) is 4.00. The van der Waals surface area contributed by atoms with Gasteiger partial charge in [-0.25, -0.2) is 9.97 Å². The highest BCUT2D eigenvalue weighted by Gasteiger charge is 2.25. The standard InChI is InChI=1S/C11H15BrN4O2/c1-7(17)16-4-3-8(6-16)14-10-11(18-2)15-9(12)5-13-10/h5,8H,3-4,6H2,1-2H3,(H,13,14)/t8-/m0/s1. The number of nitrogens with one attached hydrogen (secondary N) is 1. The second-order valence-corrected chi connectivity index (χ2v) is 4.96. The fraction of sp³-hybridized carbons (Fsp3) is 0.545. The predicted octanol–water partition coefficient (Wildman–Crippen LogP) is 1.28. The lowest BCUT2D eigenvalue weighted by atomic mass is 10.2. The molecule has 98 valence electrons. The van der Waals surface area contributed by atoms with Gasteiger partial charge in [0.2, 0.25) is 5.91 Å². The van der Waals surface area contributed by atoms with Crippen LogP contribution in [0.25, 0.3) is 0 Å². The van der Waals surface area contributed by atoms with Crippen molar-refractivity contribution >= 4 is 27.7 Å². The highest BCUT2D eigenvalue weighted by atomic mass is 79.9. The molecule has 0 aromatic carbocycles. The maximum Gasteiger partial charge on any atom is 0.258 e. The highest BCUT2D eigenvalue weighted by molar-refractivity contribution is 9.10. The number of carbonyl (C=O) groups is 1. The molecule has 1 atom stereocenters. The van der Waals surface area contributed by atoms with E-state index in [1.54, 1.807) is 20.2 Å². The lowest BCUT2D eigenvalue weighted by Gasteiger charge is -2.16. The molecule has 1 aromatic rings. The van der Waals surface area contributed by atoms with Gasteiger partial charge in [-0.1, -0.05) is 0 Å². The van der Waals surface area contributed by atoms with Crippen LogP contribution in [0.4, 0.5) is 5.82 Å². The van der Waals surface area contributed by atoms with Crippen molar-refractivity contribution < 1.29 is 9.53 Å². The molecule has 2 rings (SSSR count). The van der Waals surface area contributed by atoms with E-state index >= 15 is 0 Å². The molecular formula is C11H15BrN4O2. The number of halogens is 1. The van der Waals surface area contributed by atoms with Crippen molar-refractivity contribution in [1.29, 1.82) is 0 Å². The molecule has 6 nitrogen and oxygen atoms in total. The van der Waals surface area contributed by atoms with Crippen molar-refractivity contribution in [2.75, 3.05) is 25.5 Å². The third-order valence-electron chi connectivity index (χ3n) is 2.88. The molecule has 1 fully saturated rings. The molecule has 7 heteroatoms. The number of nitrogens with zero attached hydrogens (tertiary/aromatic N) is 3. The summed E-state index contributed by atoms with van der Waals surface area (Å²) in [6.45, 7) is 3.05. The second-order valence-electron chi connectivity index (χ2n) is 4.15. The van der Waals surface area contributed by atoms with Gasteiger partial charge in [-0.3, -0.25) is 4.79 Å². The maximum absolute atomic E-state index is 11.3. The average molecular weight is 315 g/mol. The van der Waals surface area contributed by atoms with Crippen molar-refractivity contribution in [3.63, 3.8) is 0 Å². The van der Waals surface area contributed by atoms with Crippen LogP contribution < -0.4 is 10.1 Å². The molecule has 1 aromatic heterocycles. The number of amides is 1. The van der Waals surface area contributed by atoms with Crippen LogP contribution in [0.2, 0.25) is 0 Å². The van der Waals surface area contributed by atoms with Crippen LogP contribution in [-0.4, -0.2) is 47.0 Å². The number of ether oxygens (including phenoxy) is 1. The first-order valence-electron chi connectivity index (χ1n) is 5.68. The molecule has 0 saturated carbocycles. The highest BCUT2D eigenvalue weighted by Crippen LogP contribution is 2.23. The summed E-state index contributed by atoms with van der Waals surface area (Å²) in [6, 6.07) is 0.193. The van der Waals surface area contributed by atoms with E-state index in [4.69, 9.17) is 4.74 Å². The van der Waals surface area contributed by atoms with Crippen molar-refractivity contribution in [2.24, 2.45) is 0 Å². The third-order valence-corrected chi connectivity index (χ3v) is 3.26. The first-order chi connectivity index (χ1) is 8.60. The minimum atomic E-state index is 0.105. The third kappa shape index (κ3) is 2.90. The van der Waals surface area contributed by atoms with Gasteiger partial charge >= 0.3 is 0 Å². The zero-order valence-corrected chi connectivity index (χ0v) is 11.9. The van der Waals surface area contributed by atoms with Crippen LogP contribution in [0.15, 0.2) is 10.8 Å². The van der Waals surface area contributed by atoms with Crippen LogP contribution in [-0.2, 0) is 4.79 Å². The topological polar surface area (TPSA) is 67.4 Å². The first-order valence-corrected chi connectivity index (χ1v) is 6.48. The van der Waals surface area contributed by atoms with Crippen LogP contribution in [0.1, 0.15) is 13.3 Å². The SMILES string of the molecule is COc1nc(Br)cnc1N[C@H]1CCN(C(C)=O)C1.